The van der Waals surface area contributed by atoms with Crippen molar-refractivity contribution in [3.63, 3.8) is 0 Å². The third-order valence-corrected chi connectivity index (χ3v) is 2.32. The third-order valence-electron chi connectivity index (χ3n) is 2.32. The van der Waals surface area contributed by atoms with Gasteiger partial charge in [0.25, 0.3) is 5.89 Å². The Morgan fingerprint density at radius 2 is 2.12 bits per heavy atom. The van der Waals surface area contributed by atoms with Gasteiger partial charge in [-0.15, -0.1) is 0 Å². The average Bonchev–Trinajstić information content (AvgIpc) is 2.94. The van der Waals surface area contributed by atoms with E-state index in [1.807, 2.05) is 24.3 Å². The fourth-order valence-corrected chi connectivity index (χ4v) is 1.57. The van der Waals surface area contributed by atoms with E-state index in [0.717, 1.165) is 16.5 Å². The van der Waals surface area contributed by atoms with Crippen molar-refractivity contribution in [2.24, 2.45) is 0 Å². The summed E-state index contributed by atoms with van der Waals surface area (Å²) >= 11 is 0. The summed E-state index contributed by atoms with van der Waals surface area (Å²) in [7, 11) is 0. The predicted molar refractivity (Wildman–Crippen MR) is 55.4 cm³/mol. The first kappa shape index (κ1) is 9.11. The molecule has 0 saturated heterocycles. The molecule has 2 heterocycles. The number of hydrogen-bond acceptors (Lipinski definition) is 5. The van der Waals surface area contributed by atoms with Gasteiger partial charge in [-0.3, -0.25) is 0 Å². The van der Waals surface area contributed by atoms with Crippen LogP contribution in [0.15, 0.2) is 39.5 Å². The maximum Gasteiger partial charge on any atom is 0.261 e. The second-order valence-corrected chi connectivity index (χ2v) is 3.32. The summed E-state index contributed by atoms with van der Waals surface area (Å²) in [6.07, 6.45) is 1.57. The van der Waals surface area contributed by atoms with Gasteiger partial charge in [-0.25, -0.2) is 0 Å². The summed E-state index contributed by atoms with van der Waals surface area (Å²) in [4.78, 5) is 4.03. The maximum atomic E-state index is 8.85. The van der Waals surface area contributed by atoms with E-state index in [1.54, 1.807) is 6.26 Å². The van der Waals surface area contributed by atoms with Crippen molar-refractivity contribution in [2.45, 2.75) is 6.61 Å². The molecule has 16 heavy (non-hydrogen) atoms. The Bertz CT molecular complexity index is 627. The highest BCUT2D eigenvalue weighted by Gasteiger charge is 2.13. The van der Waals surface area contributed by atoms with Crippen molar-refractivity contribution in [1.29, 1.82) is 0 Å². The Morgan fingerprint density at radius 1 is 1.25 bits per heavy atom. The third kappa shape index (κ3) is 1.30. The van der Waals surface area contributed by atoms with E-state index in [9.17, 15) is 0 Å². The number of aromatic nitrogens is 2. The lowest BCUT2D eigenvalue weighted by molar-refractivity contribution is 0.264. The molecule has 5 heteroatoms. The van der Waals surface area contributed by atoms with Crippen LogP contribution in [0.4, 0.5) is 0 Å². The SMILES string of the molecule is OCc1noc(-c2coc3ccccc23)n1. The van der Waals surface area contributed by atoms with Crippen molar-refractivity contribution in [2.75, 3.05) is 0 Å². The van der Waals surface area contributed by atoms with Crippen LogP contribution in [-0.4, -0.2) is 15.2 Å². The van der Waals surface area contributed by atoms with Crippen molar-refractivity contribution < 1.29 is 14.0 Å². The van der Waals surface area contributed by atoms with Gasteiger partial charge in [-0.05, 0) is 6.07 Å². The van der Waals surface area contributed by atoms with Crippen LogP contribution >= 0.6 is 0 Å². The number of furan rings is 1. The highest BCUT2D eigenvalue weighted by atomic mass is 16.5. The van der Waals surface area contributed by atoms with Gasteiger partial charge >= 0.3 is 0 Å². The van der Waals surface area contributed by atoms with E-state index in [2.05, 4.69) is 10.1 Å². The highest BCUT2D eigenvalue weighted by Crippen LogP contribution is 2.28. The molecular weight excluding hydrogens is 208 g/mol. The molecule has 3 aromatic rings. The fourth-order valence-electron chi connectivity index (χ4n) is 1.57. The van der Waals surface area contributed by atoms with Crippen molar-refractivity contribution in [1.82, 2.24) is 10.1 Å². The first-order valence-corrected chi connectivity index (χ1v) is 4.78. The number of para-hydroxylation sites is 1. The minimum absolute atomic E-state index is 0.237. The second-order valence-electron chi connectivity index (χ2n) is 3.32. The Hall–Kier alpha value is -2.14. The number of benzene rings is 1. The van der Waals surface area contributed by atoms with Gasteiger partial charge in [0, 0.05) is 5.39 Å². The Kier molecular flexibility index (Phi) is 1.97. The first-order valence-electron chi connectivity index (χ1n) is 4.78. The van der Waals surface area contributed by atoms with E-state index in [-0.39, 0.29) is 12.4 Å². The summed E-state index contributed by atoms with van der Waals surface area (Å²) in [6.45, 7) is -0.237. The molecule has 0 unspecified atom stereocenters. The van der Waals surface area contributed by atoms with Crippen LogP contribution in [0.2, 0.25) is 0 Å². The van der Waals surface area contributed by atoms with Gasteiger partial charge < -0.3 is 14.0 Å². The average molecular weight is 216 g/mol. The number of nitrogens with zero attached hydrogens (tertiary/aromatic N) is 2. The largest absolute Gasteiger partial charge is 0.463 e. The monoisotopic (exact) mass is 216 g/mol. The molecule has 5 nitrogen and oxygen atoms in total. The molecule has 0 aliphatic rings. The molecule has 1 aromatic carbocycles. The van der Waals surface area contributed by atoms with Gasteiger partial charge in [-0.2, -0.15) is 4.98 Å². The van der Waals surface area contributed by atoms with Crippen molar-refractivity contribution >= 4 is 11.0 Å². The number of hydrogen-bond donors (Lipinski definition) is 1. The van der Waals surface area contributed by atoms with Gasteiger partial charge in [-0.1, -0.05) is 23.4 Å². The zero-order valence-electron chi connectivity index (χ0n) is 8.25. The van der Waals surface area contributed by atoms with Crippen LogP contribution in [-0.2, 0) is 6.61 Å². The highest BCUT2D eigenvalue weighted by molar-refractivity contribution is 5.91. The standard InChI is InChI=1S/C11H8N2O3/c14-5-10-12-11(16-13-10)8-6-15-9-4-2-1-3-7(8)9/h1-4,6,14H,5H2. The lowest BCUT2D eigenvalue weighted by atomic mass is 10.2. The van der Waals surface area contributed by atoms with Crippen LogP contribution in [0.5, 0.6) is 0 Å². The molecule has 3 rings (SSSR count). The van der Waals surface area contributed by atoms with Crippen molar-refractivity contribution in [3.05, 3.63) is 36.4 Å². The number of aliphatic hydroxyl groups is 1. The summed E-state index contributed by atoms with van der Waals surface area (Å²) < 4.78 is 10.4. The van der Waals surface area contributed by atoms with Crippen LogP contribution in [0, 0.1) is 0 Å². The summed E-state index contributed by atoms with van der Waals surface area (Å²) in [5.41, 5.74) is 1.50. The smallest absolute Gasteiger partial charge is 0.261 e. The quantitative estimate of drug-likeness (QED) is 0.709. The zero-order valence-corrected chi connectivity index (χ0v) is 8.25. The molecular formula is C11H8N2O3. The Labute approximate surface area is 90.3 Å². The molecule has 0 radical (unpaired) electrons. The normalized spacial score (nSPS) is 11.1. The van der Waals surface area contributed by atoms with E-state index in [4.69, 9.17) is 14.0 Å². The summed E-state index contributed by atoms with van der Waals surface area (Å²) in [6, 6.07) is 7.58. The van der Waals surface area contributed by atoms with Gasteiger partial charge in [0.1, 0.15) is 18.5 Å². The first-order chi connectivity index (χ1) is 7.88. The minimum Gasteiger partial charge on any atom is -0.463 e. The fraction of sp³-hybridized carbons (Fsp3) is 0.0909. The van der Waals surface area contributed by atoms with Crippen LogP contribution < -0.4 is 0 Å². The molecule has 0 spiro atoms. The molecule has 2 aromatic heterocycles. The molecule has 80 valence electrons. The number of fused-ring (bicyclic) bond motifs is 1. The Balaban J connectivity index is 2.18. The molecule has 0 atom stereocenters. The lowest BCUT2D eigenvalue weighted by Crippen LogP contribution is -1.84. The summed E-state index contributed by atoms with van der Waals surface area (Å²) in [5, 5.41) is 13.4. The van der Waals surface area contributed by atoms with Crippen LogP contribution in [0.1, 0.15) is 5.82 Å². The molecule has 1 N–H and O–H groups in total. The molecule has 0 aliphatic heterocycles. The van der Waals surface area contributed by atoms with Crippen molar-refractivity contribution in [3.8, 4) is 11.5 Å². The predicted octanol–water partition coefficient (Wildman–Crippen LogP) is 1.98. The van der Waals surface area contributed by atoms with Gasteiger partial charge in [0.05, 0.1) is 5.56 Å². The second kappa shape index (κ2) is 3.46. The van der Waals surface area contributed by atoms with E-state index < -0.39 is 0 Å². The van der Waals surface area contributed by atoms with E-state index in [0.29, 0.717) is 5.89 Å². The zero-order chi connectivity index (χ0) is 11.0. The molecule has 0 fully saturated rings. The molecule has 0 amide bonds. The summed E-state index contributed by atoms with van der Waals surface area (Å²) in [5.74, 6) is 0.620. The topological polar surface area (TPSA) is 72.3 Å². The number of aliphatic hydroxyl groups excluding tert-OH is 1. The Morgan fingerprint density at radius 3 is 2.94 bits per heavy atom. The molecule has 0 aliphatic carbocycles. The van der Waals surface area contributed by atoms with Gasteiger partial charge in [0.15, 0.2) is 5.82 Å². The molecule has 0 bridgehead atoms. The van der Waals surface area contributed by atoms with E-state index in [1.165, 1.54) is 0 Å². The minimum atomic E-state index is -0.237. The van der Waals surface area contributed by atoms with Crippen LogP contribution in [0.3, 0.4) is 0 Å². The van der Waals surface area contributed by atoms with Gasteiger partial charge in [0.2, 0.25) is 0 Å². The van der Waals surface area contributed by atoms with E-state index >= 15 is 0 Å². The lowest BCUT2D eigenvalue weighted by Gasteiger charge is -1.88. The molecule has 0 saturated carbocycles. The number of rotatable bonds is 2. The maximum absolute atomic E-state index is 8.85. The van der Waals surface area contributed by atoms with Crippen LogP contribution in [0.25, 0.3) is 22.4 Å².